The minimum Gasteiger partial charge on any atom is -0.493 e. The van der Waals surface area contributed by atoms with E-state index in [9.17, 15) is 15.3 Å². The first kappa shape index (κ1) is 23.7. The molecule has 0 fully saturated rings. The number of carbonyl (C=O) groups excluding carboxylic acids is 1. The Bertz CT molecular complexity index is 1290. The van der Waals surface area contributed by atoms with Gasteiger partial charge in [-0.3, -0.25) is 4.79 Å². The number of amides is 1. The molecule has 164 valence electrons. The summed E-state index contributed by atoms with van der Waals surface area (Å²) in [5.74, 6) is 0.0233. The highest BCUT2D eigenvalue weighted by molar-refractivity contribution is 6.32. The van der Waals surface area contributed by atoms with Gasteiger partial charge in [-0.05, 0) is 54.1 Å². The SMILES string of the molecule is COc1cc(/C=C(/C#N)C(=O)Nc2ccc(Cl)cc2)cc(Cl)c1OCc1ccccc1C#N. The van der Waals surface area contributed by atoms with E-state index in [-0.39, 0.29) is 23.0 Å². The standard InChI is InChI=1S/C25H17Cl2N3O3/c1-32-23-12-16(10-19(14-29)25(31)30-21-8-6-20(26)7-9-21)11-22(27)24(23)33-15-18-5-3-2-4-17(18)13-28/h2-12H,15H2,1H3,(H,30,31)/b19-10-. The monoisotopic (exact) mass is 477 g/mol. The van der Waals surface area contributed by atoms with Crippen LogP contribution in [0.15, 0.2) is 66.2 Å². The predicted molar refractivity (Wildman–Crippen MR) is 127 cm³/mol. The summed E-state index contributed by atoms with van der Waals surface area (Å²) in [7, 11) is 1.45. The first-order valence-corrected chi connectivity index (χ1v) is 10.4. The quantitative estimate of drug-likeness (QED) is 0.332. The van der Waals surface area contributed by atoms with Crippen LogP contribution in [0, 0.1) is 22.7 Å². The summed E-state index contributed by atoms with van der Waals surface area (Å²) in [5.41, 5.74) is 2.05. The Morgan fingerprint density at radius 3 is 2.48 bits per heavy atom. The number of hydrogen-bond acceptors (Lipinski definition) is 5. The van der Waals surface area contributed by atoms with E-state index in [1.165, 1.54) is 13.2 Å². The lowest BCUT2D eigenvalue weighted by Gasteiger charge is -2.14. The molecule has 0 atom stereocenters. The van der Waals surface area contributed by atoms with Crippen molar-refractivity contribution in [3.63, 3.8) is 0 Å². The van der Waals surface area contributed by atoms with Crippen LogP contribution in [0.2, 0.25) is 10.0 Å². The van der Waals surface area contributed by atoms with E-state index in [1.54, 1.807) is 54.6 Å². The van der Waals surface area contributed by atoms with Gasteiger partial charge in [-0.15, -0.1) is 0 Å². The zero-order chi connectivity index (χ0) is 23.8. The van der Waals surface area contributed by atoms with Gasteiger partial charge in [-0.1, -0.05) is 41.4 Å². The number of ether oxygens (including phenoxy) is 2. The summed E-state index contributed by atoms with van der Waals surface area (Å²) in [5, 5.41) is 22.1. The molecule has 3 aromatic carbocycles. The van der Waals surface area contributed by atoms with Gasteiger partial charge in [-0.25, -0.2) is 0 Å². The van der Waals surface area contributed by atoms with Gasteiger partial charge >= 0.3 is 0 Å². The molecule has 0 bridgehead atoms. The summed E-state index contributed by atoms with van der Waals surface area (Å²) in [6.45, 7) is 0.113. The third-order valence-electron chi connectivity index (χ3n) is 4.54. The van der Waals surface area contributed by atoms with Gasteiger partial charge in [0.05, 0.1) is 23.8 Å². The first-order valence-electron chi connectivity index (χ1n) is 9.62. The molecule has 0 aliphatic carbocycles. The van der Waals surface area contributed by atoms with E-state index in [0.29, 0.717) is 33.1 Å². The molecule has 0 radical (unpaired) electrons. The molecule has 8 heteroatoms. The molecule has 0 saturated carbocycles. The number of nitriles is 2. The number of carbonyl (C=O) groups is 1. The van der Waals surface area contributed by atoms with Gasteiger partial charge in [-0.2, -0.15) is 10.5 Å². The molecule has 33 heavy (non-hydrogen) atoms. The van der Waals surface area contributed by atoms with Crippen LogP contribution < -0.4 is 14.8 Å². The van der Waals surface area contributed by atoms with E-state index in [0.717, 1.165) is 0 Å². The van der Waals surface area contributed by atoms with Crippen LogP contribution >= 0.6 is 23.2 Å². The highest BCUT2D eigenvalue weighted by Gasteiger charge is 2.15. The Labute approximate surface area is 201 Å². The second kappa shape index (κ2) is 11.1. The van der Waals surface area contributed by atoms with Crippen LogP contribution in [0.3, 0.4) is 0 Å². The molecule has 6 nitrogen and oxygen atoms in total. The van der Waals surface area contributed by atoms with Gasteiger partial charge in [0, 0.05) is 16.3 Å². The normalized spacial score (nSPS) is 10.6. The highest BCUT2D eigenvalue weighted by Crippen LogP contribution is 2.37. The zero-order valence-corrected chi connectivity index (χ0v) is 18.9. The average Bonchev–Trinajstić information content (AvgIpc) is 2.83. The molecule has 0 spiro atoms. The molecule has 0 unspecified atom stereocenters. The predicted octanol–water partition coefficient (Wildman–Crippen LogP) is 6.00. The van der Waals surface area contributed by atoms with Gasteiger partial charge in [0.1, 0.15) is 18.2 Å². The Balaban J connectivity index is 1.83. The summed E-state index contributed by atoms with van der Waals surface area (Å²) >= 11 is 12.3. The molecule has 1 N–H and O–H groups in total. The summed E-state index contributed by atoms with van der Waals surface area (Å²) in [6.07, 6.45) is 1.40. The topological polar surface area (TPSA) is 95.1 Å². The highest BCUT2D eigenvalue weighted by atomic mass is 35.5. The lowest BCUT2D eigenvalue weighted by molar-refractivity contribution is -0.112. The van der Waals surface area contributed by atoms with Crippen molar-refractivity contribution in [2.45, 2.75) is 6.61 Å². The van der Waals surface area contributed by atoms with Crippen molar-refractivity contribution in [3.05, 3.63) is 93.0 Å². The molecule has 3 aromatic rings. The second-order valence-electron chi connectivity index (χ2n) is 6.72. The number of anilines is 1. The molecule has 0 aliphatic heterocycles. The summed E-state index contributed by atoms with van der Waals surface area (Å²) < 4.78 is 11.2. The number of benzene rings is 3. The molecule has 3 rings (SSSR count). The van der Waals surface area contributed by atoms with Crippen LogP contribution in [-0.4, -0.2) is 13.0 Å². The van der Waals surface area contributed by atoms with Crippen LogP contribution in [0.4, 0.5) is 5.69 Å². The van der Waals surface area contributed by atoms with Gasteiger partial charge in [0.15, 0.2) is 11.5 Å². The molecular formula is C25H17Cl2N3O3. The number of halogens is 2. The maximum absolute atomic E-state index is 12.5. The molecule has 0 aromatic heterocycles. The van der Waals surface area contributed by atoms with Crippen molar-refractivity contribution in [2.75, 3.05) is 12.4 Å². The second-order valence-corrected chi connectivity index (χ2v) is 7.57. The first-order chi connectivity index (χ1) is 15.9. The number of rotatable bonds is 7. The van der Waals surface area contributed by atoms with E-state index < -0.39 is 5.91 Å². The number of hydrogen-bond donors (Lipinski definition) is 1. The van der Waals surface area contributed by atoms with Crippen molar-refractivity contribution in [3.8, 4) is 23.6 Å². The van der Waals surface area contributed by atoms with Crippen molar-refractivity contribution < 1.29 is 14.3 Å². The van der Waals surface area contributed by atoms with E-state index in [2.05, 4.69) is 11.4 Å². The van der Waals surface area contributed by atoms with Crippen LogP contribution in [0.5, 0.6) is 11.5 Å². The average molecular weight is 478 g/mol. The zero-order valence-electron chi connectivity index (χ0n) is 17.4. The van der Waals surface area contributed by atoms with Crippen LogP contribution in [0.25, 0.3) is 6.08 Å². The number of nitrogens with one attached hydrogen (secondary N) is 1. The molecule has 0 aliphatic rings. The fourth-order valence-electron chi connectivity index (χ4n) is 2.92. The van der Waals surface area contributed by atoms with Gasteiger partial charge in [0.2, 0.25) is 0 Å². The lowest BCUT2D eigenvalue weighted by Crippen LogP contribution is -2.13. The minimum atomic E-state index is -0.580. The fraction of sp³-hybridized carbons (Fsp3) is 0.0800. The largest absolute Gasteiger partial charge is 0.493 e. The third-order valence-corrected chi connectivity index (χ3v) is 5.07. The number of nitrogens with zero attached hydrogens (tertiary/aromatic N) is 2. The Morgan fingerprint density at radius 1 is 1.09 bits per heavy atom. The fourth-order valence-corrected chi connectivity index (χ4v) is 3.31. The van der Waals surface area contributed by atoms with E-state index in [1.807, 2.05) is 12.1 Å². The van der Waals surface area contributed by atoms with E-state index in [4.69, 9.17) is 32.7 Å². The maximum atomic E-state index is 12.5. The molecular weight excluding hydrogens is 461 g/mol. The number of methoxy groups -OCH3 is 1. The van der Waals surface area contributed by atoms with Crippen molar-refractivity contribution in [1.82, 2.24) is 0 Å². The Hall–Kier alpha value is -3.97. The molecule has 0 saturated heterocycles. The third kappa shape index (κ3) is 6.05. The molecule has 0 heterocycles. The smallest absolute Gasteiger partial charge is 0.266 e. The maximum Gasteiger partial charge on any atom is 0.266 e. The van der Waals surface area contributed by atoms with Crippen LogP contribution in [-0.2, 0) is 11.4 Å². The van der Waals surface area contributed by atoms with E-state index >= 15 is 0 Å². The van der Waals surface area contributed by atoms with Crippen molar-refractivity contribution >= 4 is 40.9 Å². The van der Waals surface area contributed by atoms with Gasteiger partial charge in [0.25, 0.3) is 5.91 Å². The van der Waals surface area contributed by atoms with Crippen molar-refractivity contribution in [1.29, 1.82) is 10.5 Å². The van der Waals surface area contributed by atoms with Crippen LogP contribution in [0.1, 0.15) is 16.7 Å². The Morgan fingerprint density at radius 2 is 1.82 bits per heavy atom. The van der Waals surface area contributed by atoms with Crippen molar-refractivity contribution in [2.24, 2.45) is 0 Å². The minimum absolute atomic E-state index is 0.113. The van der Waals surface area contributed by atoms with Gasteiger partial charge < -0.3 is 14.8 Å². The summed E-state index contributed by atoms with van der Waals surface area (Å²) in [4.78, 5) is 12.5. The Kier molecular flexibility index (Phi) is 7.94. The summed E-state index contributed by atoms with van der Waals surface area (Å²) in [6, 6.07) is 20.8. The molecule has 1 amide bonds. The lowest BCUT2D eigenvalue weighted by atomic mass is 10.1.